The molecule has 2 N–H and O–H groups in total. The van der Waals surface area contributed by atoms with Crippen LogP contribution in [0.1, 0.15) is 65.6 Å². The molecule has 4 aromatic rings. The molecule has 0 bridgehead atoms. The third kappa shape index (κ3) is 11.5. The number of carbonyl (C=O) groups excluding carboxylic acids is 3. The maximum Gasteiger partial charge on any atom is 0.292 e. The van der Waals surface area contributed by atoms with Gasteiger partial charge in [-0.15, -0.1) is 0 Å². The van der Waals surface area contributed by atoms with Crippen molar-refractivity contribution >= 4 is 23.7 Å². The van der Waals surface area contributed by atoms with E-state index in [1.807, 2.05) is 78.9 Å². The monoisotopic (exact) mass is 732 g/mol. The Bertz CT molecular complexity index is 1740. The highest BCUT2D eigenvalue weighted by atomic mass is 16.5. The van der Waals surface area contributed by atoms with Gasteiger partial charge in [-0.2, -0.15) is 0 Å². The van der Waals surface area contributed by atoms with E-state index in [1.165, 1.54) is 44.6 Å². The summed E-state index contributed by atoms with van der Waals surface area (Å²) in [5.41, 5.74) is 3.68. The summed E-state index contributed by atoms with van der Waals surface area (Å²) in [6.07, 6.45) is 9.77. The normalized spacial score (nSPS) is 16.6. The van der Waals surface area contributed by atoms with E-state index in [0.717, 1.165) is 44.1 Å². The first kappa shape index (κ1) is 39.8. The van der Waals surface area contributed by atoms with Crippen LogP contribution in [0.3, 0.4) is 0 Å². The molecular formula is C45H52N2O7. The first-order valence-electron chi connectivity index (χ1n) is 18.7. The second-order valence-corrected chi connectivity index (χ2v) is 13.6. The smallest absolute Gasteiger partial charge is 0.292 e. The molecule has 0 heterocycles. The molecule has 5 rings (SSSR count). The average Bonchev–Trinajstić information content (AvgIpc) is 3.61. The van der Waals surface area contributed by atoms with Gasteiger partial charge in [-0.05, 0) is 80.2 Å². The summed E-state index contributed by atoms with van der Waals surface area (Å²) in [6, 6.07) is 32.9. The van der Waals surface area contributed by atoms with Gasteiger partial charge in [0.25, 0.3) is 5.91 Å². The zero-order valence-corrected chi connectivity index (χ0v) is 31.5. The van der Waals surface area contributed by atoms with Crippen LogP contribution in [0.15, 0.2) is 109 Å². The van der Waals surface area contributed by atoms with Gasteiger partial charge in [0.2, 0.25) is 17.4 Å². The lowest BCUT2D eigenvalue weighted by atomic mass is 9.97. The van der Waals surface area contributed by atoms with E-state index in [9.17, 15) is 14.4 Å². The summed E-state index contributed by atoms with van der Waals surface area (Å²) in [4.78, 5) is 41.3. The summed E-state index contributed by atoms with van der Waals surface area (Å²) < 4.78 is 22.4. The highest BCUT2D eigenvalue weighted by Gasteiger charge is 2.41. The van der Waals surface area contributed by atoms with Crippen molar-refractivity contribution in [2.45, 2.75) is 69.6 Å². The van der Waals surface area contributed by atoms with Crippen molar-refractivity contribution in [1.29, 1.82) is 0 Å². The zero-order valence-electron chi connectivity index (χ0n) is 31.5. The second-order valence-electron chi connectivity index (χ2n) is 13.6. The van der Waals surface area contributed by atoms with Crippen LogP contribution >= 0.6 is 0 Å². The molecule has 0 aromatic heterocycles. The first-order chi connectivity index (χ1) is 26.4. The van der Waals surface area contributed by atoms with Crippen LogP contribution in [0.2, 0.25) is 0 Å². The zero-order chi connectivity index (χ0) is 38.1. The van der Waals surface area contributed by atoms with Crippen LogP contribution in [0.25, 0.3) is 6.08 Å². The number of benzene rings is 4. The van der Waals surface area contributed by atoms with Crippen LogP contribution in [-0.2, 0) is 27.2 Å². The van der Waals surface area contributed by atoms with Crippen molar-refractivity contribution in [2.24, 2.45) is 5.92 Å². The molecule has 1 fully saturated rings. The van der Waals surface area contributed by atoms with Gasteiger partial charge in [0.05, 0.1) is 40.0 Å². The van der Waals surface area contributed by atoms with E-state index in [4.69, 9.17) is 18.9 Å². The van der Waals surface area contributed by atoms with Gasteiger partial charge in [0.1, 0.15) is 0 Å². The molecule has 0 aliphatic heterocycles. The Hall–Kier alpha value is -5.41. The highest BCUT2D eigenvalue weighted by Crippen LogP contribution is 2.38. The van der Waals surface area contributed by atoms with Crippen LogP contribution in [0.4, 0.5) is 0 Å². The van der Waals surface area contributed by atoms with Gasteiger partial charge >= 0.3 is 0 Å². The summed E-state index contributed by atoms with van der Waals surface area (Å²) in [5.74, 6) is -1.50. The van der Waals surface area contributed by atoms with Crippen molar-refractivity contribution in [1.82, 2.24) is 10.6 Å². The number of rotatable bonds is 20. The van der Waals surface area contributed by atoms with E-state index in [0.29, 0.717) is 25.2 Å². The summed E-state index contributed by atoms with van der Waals surface area (Å²) in [6.45, 7) is 0.348. The number of methoxy groups -OCH3 is 3. The minimum Gasteiger partial charge on any atom is -0.493 e. The quantitative estimate of drug-likeness (QED) is 0.0719. The molecule has 2 amide bonds. The lowest BCUT2D eigenvalue weighted by molar-refractivity contribution is -0.127. The van der Waals surface area contributed by atoms with Crippen LogP contribution in [0, 0.1) is 5.92 Å². The molecule has 0 radical (unpaired) electrons. The number of aryl methyl sites for hydroxylation is 2. The number of amides is 2. The standard InChI is InChI=1S/C45H52N2O7/c1-51-40-28-35(29-41(52-2)43(40)53-3)42(48)45(50)47-39-31-37(54-27-15-24-34-20-11-6-12-21-34)30-38(39)44(49)46-36(25-13-22-32-16-7-4-8-17-32)26-14-23-33-18-9-5-10-19-33/h4-12,15-21,24,28-29,36-39H,13-14,22-23,25-27,30-31H2,1-3H3,(H,46,49)(H,47,50)/b24-15+/t37-,38-,39-/m1/s1. The molecular weight excluding hydrogens is 681 g/mol. The second kappa shape index (κ2) is 20.7. The number of ether oxygens (including phenoxy) is 4. The fourth-order valence-electron chi connectivity index (χ4n) is 7.09. The Morgan fingerprint density at radius 1 is 0.741 bits per heavy atom. The summed E-state index contributed by atoms with van der Waals surface area (Å²) in [5, 5.41) is 6.26. The molecule has 1 aliphatic carbocycles. The van der Waals surface area contributed by atoms with Crippen molar-refractivity contribution in [3.05, 3.63) is 131 Å². The van der Waals surface area contributed by atoms with E-state index in [1.54, 1.807) is 0 Å². The molecule has 0 spiro atoms. The molecule has 1 aliphatic rings. The minimum absolute atomic E-state index is 0.0455. The molecule has 284 valence electrons. The van der Waals surface area contributed by atoms with E-state index in [-0.39, 0.29) is 35.1 Å². The summed E-state index contributed by atoms with van der Waals surface area (Å²) >= 11 is 0. The number of ketones is 1. The van der Waals surface area contributed by atoms with Gasteiger partial charge in [0.15, 0.2) is 11.5 Å². The van der Waals surface area contributed by atoms with Crippen LogP contribution in [-0.4, -0.2) is 63.7 Å². The SMILES string of the molecule is COc1cc(C(=O)C(=O)N[C@@H]2C[C@H](OC/C=C/c3ccccc3)C[C@H]2C(=O)NC(CCCc2ccccc2)CCCc2ccccc2)cc(OC)c1OC. The predicted molar refractivity (Wildman–Crippen MR) is 211 cm³/mol. The molecule has 9 heteroatoms. The van der Waals surface area contributed by atoms with E-state index >= 15 is 0 Å². The molecule has 3 atom stereocenters. The maximum atomic E-state index is 14.2. The number of hydrogen-bond acceptors (Lipinski definition) is 7. The lowest BCUT2D eigenvalue weighted by Crippen LogP contribution is -2.48. The van der Waals surface area contributed by atoms with E-state index < -0.39 is 23.7 Å². The number of hydrogen-bond donors (Lipinski definition) is 2. The van der Waals surface area contributed by atoms with Crippen molar-refractivity contribution in [3.63, 3.8) is 0 Å². The third-order valence-electron chi connectivity index (χ3n) is 9.91. The van der Waals surface area contributed by atoms with Crippen LogP contribution in [0.5, 0.6) is 17.2 Å². The third-order valence-corrected chi connectivity index (χ3v) is 9.91. The Kier molecular flexibility index (Phi) is 15.3. The molecule has 9 nitrogen and oxygen atoms in total. The maximum absolute atomic E-state index is 14.2. The van der Waals surface area contributed by atoms with E-state index in [2.05, 4.69) is 34.9 Å². The lowest BCUT2D eigenvalue weighted by Gasteiger charge is -2.24. The average molecular weight is 733 g/mol. The van der Waals surface area contributed by atoms with Gasteiger partial charge in [-0.25, -0.2) is 0 Å². The number of carbonyl (C=O) groups is 3. The molecule has 4 aromatic carbocycles. The van der Waals surface area contributed by atoms with Crippen molar-refractivity contribution in [2.75, 3.05) is 27.9 Å². The minimum atomic E-state index is -0.820. The Morgan fingerprint density at radius 3 is 1.83 bits per heavy atom. The number of Topliss-reactive ketones (excluding diaryl/α,β-unsaturated/α-hetero) is 1. The molecule has 0 saturated heterocycles. The Labute approximate surface area is 319 Å². The molecule has 1 saturated carbocycles. The van der Waals surface area contributed by atoms with Crippen molar-refractivity contribution in [3.8, 4) is 17.2 Å². The topological polar surface area (TPSA) is 112 Å². The predicted octanol–water partition coefficient (Wildman–Crippen LogP) is 7.42. The fraction of sp³-hybridized carbons (Fsp3) is 0.356. The molecule has 54 heavy (non-hydrogen) atoms. The largest absolute Gasteiger partial charge is 0.493 e. The highest BCUT2D eigenvalue weighted by molar-refractivity contribution is 6.43. The Balaban J connectivity index is 1.29. The van der Waals surface area contributed by atoms with Gasteiger partial charge in [0, 0.05) is 17.6 Å². The molecule has 0 unspecified atom stereocenters. The van der Waals surface area contributed by atoms with Gasteiger partial charge < -0.3 is 29.6 Å². The Morgan fingerprint density at radius 2 is 1.30 bits per heavy atom. The van der Waals surface area contributed by atoms with Gasteiger partial charge in [-0.3, -0.25) is 14.4 Å². The summed E-state index contributed by atoms with van der Waals surface area (Å²) in [7, 11) is 4.35. The number of nitrogens with one attached hydrogen (secondary N) is 2. The van der Waals surface area contributed by atoms with Crippen molar-refractivity contribution < 1.29 is 33.3 Å². The first-order valence-corrected chi connectivity index (χ1v) is 18.7. The van der Waals surface area contributed by atoms with Crippen LogP contribution < -0.4 is 24.8 Å². The van der Waals surface area contributed by atoms with Gasteiger partial charge in [-0.1, -0.05) is 103 Å². The fourth-order valence-corrected chi connectivity index (χ4v) is 7.09.